The van der Waals surface area contributed by atoms with E-state index < -0.39 is 30.1 Å². The minimum Gasteiger partial charge on any atom is -0.494 e. The third-order valence-corrected chi connectivity index (χ3v) is 6.87. The predicted molar refractivity (Wildman–Crippen MR) is 153 cm³/mol. The predicted octanol–water partition coefficient (Wildman–Crippen LogP) is 5.74. The molecule has 0 radical (unpaired) electrons. The Morgan fingerprint density at radius 2 is 1.49 bits per heavy atom. The van der Waals surface area contributed by atoms with Gasteiger partial charge in [-0.25, -0.2) is 14.4 Å². The molecule has 1 heterocycles. The van der Waals surface area contributed by atoms with Crippen LogP contribution < -0.4 is 9.47 Å². The fourth-order valence-corrected chi connectivity index (χ4v) is 4.57. The zero-order valence-electron chi connectivity index (χ0n) is 24.3. The van der Waals surface area contributed by atoms with Crippen molar-refractivity contribution in [3.05, 3.63) is 59.7 Å². The highest BCUT2D eigenvalue weighted by Crippen LogP contribution is 2.24. The van der Waals surface area contributed by atoms with Crippen LogP contribution in [0.5, 0.6) is 11.5 Å². The number of likely N-dealkylation sites (tertiary alicyclic amines) is 1. The Morgan fingerprint density at radius 1 is 0.854 bits per heavy atom. The number of ether oxygens (including phenoxy) is 4. The maximum Gasteiger partial charge on any atom is 0.347 e. The lowest BCUT2D eigenvalue weighted by molar-refractivity contribution is -0.168. The van der Waals surface area contributed by atoms with E-state index in [4.69, 9.17) is 18.9 Å². The largest absolute Gasteiger partial charge is 0.494 e. The van der Waals surface area contributed by atoms with Gasteiger partial charge in [-0.05, 0) is 81.6 Å². The zero-order valence-corrected chi connectivity index (χ0v) is 24.3. The number of unbranched alkanes of at least 4 members (excludes halogenated alkanes) is 5. The Balaban J connectivity index is 1.49. The van der Waals surface area contributed by atoms with Crippen molar-refractivity contribution in [1.29, 1.82) is 0 Å². The summed E-state index contributed by atoms with van der Waals surface area (Å²) in [4.78, 5) is 51.7. The van der Waals surface area contributed by atoms with Crippen molar-refractivity contribution in [1.82, 2.24) is 4.90 Å². The van der Waals surface area contributed by atoms with Crippen molar-refractivity contribution in [3.63, 3.8) is 0 Å². The molecule has 1 aliphatic heterocycles. The molecular weight excluding hydrogens is 526 g/mol. The van der Waals surface area contributed by atoms with E-state index in [1.807, 2.05) is 0 Å². The summed E-state index contributed by atoms with van der Waals surface area (Å²) in [7, 11) is 0. The molecule has 2 aromatic rings. The van der Waals surface area contributed by atoms with Gasteiger partial charge in [-0.15, -0.1) is 0 Å². The van der Waals surface area contributed by atoms with Crippen LogP contribution in [0, 0.1) is 0 Å². The molecule has 0 saturated carbocycles. The van der Waals surface area contributed by atoms with Crippen LogP contribution in [0.25, 0.3) is 0 Å². The Kier molecular flexibility index (Phi) is 12.7. The van der Waals surface area contributed by atoms with Crippen molar-refractivity contribution in [2.75, 3.05) is 19.8 Å². The highest BCUT2D eigenvalue weighted by molar-refractivity contribution is 5.97. The molecule has 0 spiro atoms. The standard InChI is InChI=1S/C32H41NO8/c1-4-6-7-8-9-10-22-39-26-17-15-25(16-18-26)31(36)41-27-19-13-24(14-20-27)29(34)33-21-11-12-28(33)32(37)40-23(3)30(35)38-5-2/h13-20,23,28H,4-12,21-22H2,1-3H3/t23-,28-/m0/s1. The monoisotopic (exact) mass is 567 g/mol. The van der Waals surface area contributed by atoms with Crippen LogP contribution in [0.2, 0.25) is 0 Å². The second-order valence-electron chi connectivity index (χ2n) is 10.0. The topological polar surface area (TPSA) is 108 Å². The fourth-order valence-electron chi connectivity index (χ4n) is 4.57. The SMILES string of the molecule is CCCCCCCCOc1ccc(C(=O)Oc2ccc(C(=O)N3CCC[C@H]3C(=O)O[C@@H](C)C(=O)OCC)cc2)cc1. The van der Waals surface area contributed by atoms with Gasteiger partial charge in [0.05, 0.1) is 18.8 Å². The minimum absolute atomic E-state index is 0.181. The van der Waals surface area contributed by atoms with E-state index in [0.29, 0.717) is 42.9 Å². The van der Waals surface area contributed by atoms with Crippen molar-refractivity contribution >= 4 is 23.8 Å². The lowest BCUT2D eigenvalue weighted by Gasteiger charge is -2.24. The molecule has 3 rings (SSSR count). The molecule has 41 heavy (non-hydrogen) atoms. The molecule has 2 aromatic carbocycles. The summed E-state index contributed by atoms with van der Waals surface area (Å²) in [5.74, 6) is -1.14. The number of nitrogens with zero attached hydrogens (tertiary/aromatic N) is 1. The summed E-state index contributed by atoms with van der Waals surface area (Å²) < 4.78 is 21.4. The van der Waals surface area contributed by atoms with E-state index in [1.165, 1.54) is 49.6 Å². The summed E-state index contributed by atoms with van der Waals surface area (Å²) in [6.45, 7) is 6.53. The Bertz CT molecular complexity index is 1150. The normalized spacial score (nSPS) is 15.2. The summed E-state index contributed by atoms with van der Waals surface area (Å²) in [6, 6.07) is 12.2. The maximum atomic E-state index is 13.1. The molecule has 1 fully saturated rings. The van der Waals surface area contributed by atoms with E-state index in [0.717, 1.165) is 12.8 Å². The number of rotatable bonds is 15. The lowest BCUT2D eigenvalue weighted by Crippen LogP contribution is -2.43. The van der Waals surface area contributed by atoms with Crippen molar-refractivity contribution in [2.45, 2.75) is 84.3 Å². The first-order valence-corrected chi connectivity index (χ1v) is 14.6. The zero-order chi connectivity index (χ0) is 29.6. The van der Waals surface area contributed by atoms with E-state index in [-0.39, 0.29) is 18.3 Å². The number of benzene rings is 2. The number of carbonyl (C=O) groups is 4. The molecule has 2 atom stereocenters. The number of hydrogen-bond donors (Lipinski definition) is 0. The summed E-state index contributed by atoms with van der Waals surface area (Å²) >= 11 is 0. The van der Waals surface area contributed by atoms with Crippen LogP contribution in [0.15, 0.2) is 48.5 Å². The fraction of sp³-hybridized carbons (Fsp3) is 0.500. The maximum absolute atomic E-state index is 13.1. The van der Waals surface area contributed by atoms with Crippen LogP contribution in [0.3, 0.4) is 0 Å². The van der Waals surface area contributed by atoms with Gasteiger partial charge in [0.15, 0.2) is 6.10 Å². The minimum atomic E-state index is -1.05. The van der Waals surface area contributed by atoms with Gasteiger partial charge in [-0.1, -0.05) is 39.0 Å². The Labute approximate surface area is 242 Å². The molecule has 9 heteroatoms. The van der Waals surface area contributed by atoms with Crippen molar-refractivity contribution in [3.8, 4) is 11.5 Å². The number of amides is 1. The van der Waals surface area contributed by atoms with E-state index in [1.54, 1.807) is 43.3 Å². The lowest BCUT2D eigenvalue weighted by atomic mass is 10.1. The smallest absolute Gasteiger partial charge is 0.347 e. The molecular formula is C32H41NO8. The van der Waals surface area contributed by atoms with Crippen LogP contribution in [-0.4, -0.2) is 60.6 Å². The second kappa shape index (κ2) is 16.4. The molecule has 0 aromatic heterocycles. The van der Waals surface area contributed by atoms with E-state index >= 15 is 0 Å². The van der Waals surface area contributed by atoms with Crippen molar-refractivity contribution < 1.29 is 38.1 Å². The molecule has 1 saturated heterocycles. The number of hydrogen-bond acceptors (Lipinski definition) is 8. The van der Waals surface area contributed by atoms with Gasteiger partial charge in [0, 0.05) is 12.1 Å². The molecule has 222 valence electrons. The average molecular weight is 568 g/mol. The summed E-state index contributed by atoms with van der Waals surface area (Å²) in [6.07, 6.45) is 7.18. The molecule has 1 amide bonds. The quantitative estimate of drug-likeness (QED) is 0.152. The third kappa shape index (κ3) is 9.62. The van der Waals surface area contributed by atoms with Crippen LogP contribution >= 0.6 is 0 Å². The Hall–Kier alpha value is -3.88. The first kappa shape index (κ1) is 31.6. The Morgan fingerprint density at radius 3 is 2.17 bits per heavy atom. The highest BCUT2D eigenvalue weighted by Gasteiger charge is 2.37. The van der Waals surface area contributed by atoms with Gasteiger partial charge in [-0.2, -0.15) is 0 Å². The van der Waals surface area contributed by atoms with Crippen LogP contribution in [0.1, 0.15) is 92.9 Å². The molecule has 0 bridgehead atoms. The van der Waals surface area contributed by atoms with Gasteiger partial charge in [0.2, 0.25) is 0 Å². The second-order valence-corrected chi connectivity index (χ2v) is 10.0. The average Bonchev–Trinajstić information content (AvgIpc) is 3.47. The first-order valence-electron chi connectivity index (χ1n) is 14.6. The van der Waals surface area contributed by atoms with Gasteiger partial charge in [0.25, 0.3) is 5.91 Å². The first-order chi connectivity index (χ1) is 19.8. The highest BCUT2D eigenvalue weighted by atomic mass is 16.6. The summed E-state index contributed by atoms with van der Waals surface area (Å²) in [5, 5.41) is 0. The molecule has 0 aliphatic carbocycles. The van der Waals surface area contributed by atoms with Gasteiger partial charge in [-0.3, -0.25) is 4.79 Å². The molecule has 0 N–H and O–H groups in total. The van der Waals surface area contributed by atoms with Crippen LogP contribution in [0.4, 0.5) is 0 Å². The summed E-state index contributed by atoms with van der Waals surface area (Å²) in [5.41, 5.74) is 0.724. The number of esters is 3. The third-order valence-electron chi connectivity index (χ3n) is 6.87. The molecule has 9 nitrogen and oxygen atoms in total. The molecule has 0 unspecified atom stereocenters. The van der Waals surface area contributed by atoms with Gasteiger partial charge < -0.3 is 23.8 Å². The van der Waals surface area contributed by atoms with Crippen LogP contribution in [-0.2, 0) is 19.1 Å². The molecule has 1 aliphatic rings. The van der Waals surface area contributed by atoms with E-state index in [2.05, 4.69) is 6.92 Å². The van der Waals surface area contributed by atoms with Crippen molar-refractivity contribution in [2.24, 2.45) is 0 Å². The van der Waals surface area contributed by atoms with Gasteiger partial charge >= 0.3 is 17.9 Å². The van der Waals surface area contributed by atoms with E-state index in [9.17, 15) is 19.2 Å². The number of carbonyl (C=O) groups excluding carboxylic acids is 4. The van der Waals surface area contributed by atoms with Gasteiger partial charge in [0.1, 0.15) is 17.5 Å².